The molecule has 0 saturated carbocycles. The van der Waals surface area contributed by atoms with E-state index in [1.807, 2.05) is 38.1 Å². The zero-order valence-electron chi connectivity index (χ0n) is 13.6. The smallest absolute Gasteiger partial charge is 0.326 e. The van der Waals surface area contributed by atoms with E-state index in [2.05, 4.69) is 12.2 Å². The van der Waals surface area contributed by atoms with Gasteiger partial charge in [-0.15, -0.1) is 0 Å². The fourth-order valence-corrected chi connectivity index (χ4v) is 2.02. The van der Waals surface area contributed by atoms with Gasteiger partial charge >= 0.3 is 5.97 Å². The molecule has 0 aromatic heterocycles. The number of benzene rings is 1. The van der Waals surface area contributed by atoms with Crippen LogP contribution in [-0.4, -0.2) is 31.8 Å². The summed E-state index contributed by atoms with van der Waals surface area (Å²) in [4.78, 5) is 11.9. The second kappa shape index (κ2) is 8.67. The molecule has 1 aromatic rings. The molecule has 0 radical (unpaired) electrons. The van der Waals surface area contributed by atoms with Crippen molar-refractivity contribution in [3.8, 4) is 5.75 Å². The second-order valence-corrected chi connectivity index (χ2v) is 5.42. The number of hydrogen-bond acceptors (Lipinski definition) is 4. The fraction of sp³-hybridized carbons (Fsp3) is 0.588. The molecule has 21 heavy (non-hydrogen) atoms. The van der Waals surface area contributed by atoms with Crippen molar-refractivity contribution in [1.82, 2.24) is 5.32 Å². The third kappa shape index (κ3) is 5.76. The van der Waals surface area contributed by atoms with Crippen LogP contribution in [0.25, 0.3) is 0 Å². The van der Waals surface area contributed by atoms with E-state index in [0.29, 0.717) is 13.2 Å². The van der Waals surface area contributed by atoms with Gasteiger partial charge in [0.15, 0.2) is 0 Å². The number of nitrogens with one attached hydrogen (secondary N) is 1. The lowest BCUT2D eigenvalue weighted by molar-refractivity contribution is -0.150. The summed E-state index contributed by atoms with van der Waals surface area (Å²) in [5.41, 5.74) is 0.612. The molecule has 4 heteroatoms. The molecule has 0 saturated heterocycles. The molecule has 0 aliphatic heterocycles. The van der Waals surface area contributed by atoms with Gasteiger partial charge in [-0.3, -0.25) is 4.79 Å². The van der Waals surface area contributed by atoms with E-state index in [4.69, 9.17) is 9.47 Å². The first kappa shape index (κ1) is 17.5. The number of ether oxygens (including phenoxy) is 2. The average Bonchev–Trinajstić information content (AvgIpc) is 2.48. The zero-order chi connectivity index (χ0) is 15.7. The van der Waals surface area contributed by atoms with E-state index in [1.165, 1.54) is 5.56 Å². The highest BCUT2D eigenvalue weighted by molar-refractivity contribution is 5.80. The van der Waals surface area contributed by atoms with E-state index in [1.54, 1.807) is 7.05 Å². The molecule has 0 amide bonds. The third-order valence-corrected chi connectivity index (χ3v) is 3.64. The van der Waals surface area contributed by atoms with Crippen LogP contribution in [0.3, 0.4) is 0 Å². The maximum absolute atomic E-state index is 11.9. The number of rotatable bonds is 9. The topological polar surface area (TPSA) is 47.6 Å². The first-order valence-corrected chi connectivity index (χ1v) is 7.57. The highest BCUT2D eigenvalue weighted by atomic mass is 16.5. The molecular formula is C17H27NO3. The normalized spacial score (nSPS) is 13.5. The standard InChI is InChI=1S/C17H27NO3/c1-5-20-16(19)17(3,18-4)12-6-7-13-21-15-10-8-14(2)9-11-15/h8-11,18H,5-7,12-13H2,1-4H3. The molecule has 1 atom stereocenters. The first-order chi connectivity index (χ1) is 10.0. The lowest BCUT2D eigenvalue weighted by atomic mass is 9.95. The number of carbonyl (C=O) groups excluding carboxylic acids is 1. The molecule has 0 aliphatic carbocycles. The molecular weight excluding hydrogens is 266 g/mol. The van der Waals surface area contributed by atoms with Crippen molar-refractivity contribution < 1.29 is 14.3 Å². The average molecular weight is 293 g/mol. The minimum Gasteiger partial charge on any atom is -0.494 e. The second-order valence-electron chi connectivity index (χ2n) is 5.42. The molecule has 0 aliphatic rings. The summed E-state index contributed by atoms with van der Waals surface area (Å²) in [7, 11) is 1.79. The maximum atomic E-state index is 11.9. The zero-order valence-corrected chi connectivity index (χ0v) is 13.6. The Hall–Kier alpha value is -1.55. The molecule has 0 heterocycles. The summed E-state index contributed by atoms with van der Waals surface area (Å²) in [5.74, 6) is 0.703. The van der Waals surface area contributed by atoms with E-state index in [0.717, 1.165) is 25.0 Å². The van der Waals surface area contributed by atoms with Gasteiger partial charge < -0.3 is 14.8 Å². The molecule has 1 unspecified atom stereocenters. The van der Waals surface area contributed by atoms with Gasteiger partial charge in [-0.1, -0.05) is 17.7 Å². The number of esters is 1. The van der Waals surface area contributed by atoms with Crippen LogP contribution in [0.1, 0.15) is 38.7 Å². The Morgan fingerprint density at radius 1 is 1.24 bits per heavy atom. The van der Waals surface area contributed by atoms with E-state index in [9.17, 15) is 4.79 Å². The van der Waals surface area contributed by atoms with E-state index >= 15 is 0 Å². The lowest BCUT2D eigenvalue weighted by Crippen LogP contribution is -2.48. The van der Waals surface area contributed by atoms with Crippen molar-refractivity contribution in [3.63, 3.8) is 0 Å². The number of unbranched alkanes of at least 4 members (excludes halogenated alkanes) is 1. The van der Waals surface area contributed by atoms with Gasteiger partial charge in [0.05, 0.1) is 13.2 Å². The van der Waals surface area contributed by atoms with Crippen LogP contribution in [0, 0.1) is 6.92 Å². The Labute approximate surface area is 127 Å². The number of likely N-dealkylation sites (N-methyl/N-ethyl adjacent to an activating group) is 1. The van der Waals surface area contributed by atoms with Gasteiger partial charge in [-0.25, -0.2) is 0 Å². The number of aryl methyl sites for hydroxylation is 1. The summed E-state index contributed by atoms with van der Waals surface area (Å²) < 4.78 is 10.8. The number of carbonyl (C=O) groups is 1. The van der Waals surface area contributed by atoms with Crippen LogP contribution in [0.5, 0.6) is 5.75 Å². The largest absolute Gasteiger partial charge is 0.494 e. The Kier molecular flexibility index (Phi) is 7.23. The van der Waals surface area contributed by atoms with Gasteiger partial charge in [0.25, 0.3) is 0 Å². The maximum Gasteiger partial charge on any atom is 0.326 e. The molecule has 0 spiro atoms. The van der Waals surface area contributed by atoms with Crippen LogP contribution in [0.2, 0.25) is 0 Å². The Morgan fingerprint density at radius 3 is 2.48 bits per heavy atom. The summed E-state index contributed by atoms with van der Waals surface area (Å²) >= 11 is 0. The molecule has 1 rings (SSSR count). The van der Waals surface area contributed by atoms with Gasteiger partial charge in [-0.2, -0.15) is 0 Å². The van der Waals surface area contributed by atoms with Crippen molar-refractivity contribution in [2.45, 2.75) is 45.6 Å². The van der Waals surface area contributed by atoms with Crippen LogP contribution in [0.15, 0.2) is 24.3 Å². The minimum absolute atomic E-state index is 0.188. The molecule has 1 aromatic carbocycles. The van der Waals surface area contributed by atoms with Crippen molar-refractivity contribution in [1.29, 1.82) is 0 Å². The number of hydrogen-bond donors (Lipinski definition) is 1. The summed E-state index contributed by atoms with van der Waals surface area (Å²) in [6, 6.07) is 8.03. The third-order valence-electron chi connectivity index (χ3n) is 3.64. The van der Waals surface area contributed by atoms with Gasteiger partial charge in [0, 0.05) is 0 Å². The predicted octanol–water partition coefficient (Wildman–Crippen LogP) is 3.09. The predicted molar refractivity (Wildman–Crippen MR) is 84.6 cm³/mol. The Bertz CT molecular complexity index is 430. The van der Waals surface area contributed by atoms with Crippen molar-refractivity contribution in [2.75, 3.05) is 20.3 Å². The molecule has 0 fully saturated rings. The minimum atomic E-state index is -0.611. The van der Waals surface area contributed by atoms with Gasteiger partial charge in [0.1, 0.15) is 11.3 Å². The first-order valence-electron chi connectivity index (χ1n) is 7.57. The highest BCUT2D eigenvalue weighted by Gasteiger charge is 2.32. The molecule has 0 bridgehead atoms. The van der Waals surface area contributed by atoms with Gasteiger partial charge in [0.2, 0.25) is 0 Å². The molecule has 1 N–H and O–H groups in total. The lowest BCUT2D eigenvalue weighted by Gasteiger charge is -2.26. The van der Waals surface area contributed by atoms with Crippen molar-refractivity contribution in [3.05, 3.63) is 29.8 Å². The van der Waals surface area contributed by atoms with Crippen molar-refractivity contribution >= 4 is 5.97 Å². The fourth-order valence-electron chi connectivity index (χ4n) is 2.02. The van der Waals surface area contributed by atoms with Crippen LogP contribution < -0.4 is 10.1 Å². The summed E-state index contributed by atoms with van der Waals surface area (Å²) in [5, 5.41) is 3.06. The van der Waals surface area contributed by atoms with Crippen molar-refractivity contribution in [2.24, 2.45) is 0 Å². The SMILES string of the molecule is CCOC(=O)C(C)(CCCCOc1ccc(C)cc1)NC. The summed E-state index contributed by atoms with van der Waals surface area (Å²) in [6.07, 6.45) is 2.55. The van der Waals surface area contributed by atoms with Crippen LogP contribution in [-0.2, 0) is 9.53 Å². The molecule has 4 nitrogen and oxygen atoms in total. The Morgan fingerprint density at radius 2 is 1.90 bits per heavy atom. The highest BCUT2D eigenvalue weighted by Crippen LogP contribution is 2.17. The molecule has 118 valence electrons. The van der Waals surface area contributed by atoms with Crippen LogP contribution >= 0.6 is 0 Å². The van der Waals surface area contributed by atoms with Gasteiger partial charge in [-0.05, 0) is 59.2 Å². The summed E-state index contributed by atoms with van der Waals surface area (Å²) in [6.45, 7) is 6.82. The van der Waals surface area contributed by atoms with E-state index < -0.39 is 5.54 Å². The Balaban J connectivity index is 2.28. The van der Waals surface area contributed by atoms with Crippen LogP contribution in [0.4, 0.5) is 0 Å². The monoisotopic (exact) mass is 293 g/mol. The van der Waals surface area contributed by atoms with E-state index in [-0.39, 0.29) is 5.97 Å². The quantitative estimate of drug-likeness (QED) is 0.561.